The second-order valence-corrected chi connectivity index (χ2v) is 6.73. The van der Waals surface area contributed by atoms with Gasteiger partial charge in [0.05, 0.1) is 7.11 Å². The van der Waals surface area contributed by atoms with E-state index in [0.29, 0.717) is 5.41 Å². The van der Waals surface area contributed by atoms with Gasteiger partial charge in [0.1, 0.15) is 5.75 Å². The first-order valence-corrected chi connectivity index (χ1v) is 8.25. The molecule has 0 bridgehead atoms. The minimum absolute atomic E-state index is 0.602. The Balaban J connectivity index is 1.60. The number of nitrogens with one attached hydrogen (secondary N) is 1. The van der Waals surface area contributed by atoms with Gasteiger partial charge in [-0.3, -0.25) is 4.99 Å². The highest BCUT2D eigenvalue weighted by Gasteiger charge is 2.43. The zero-order chi connectivity index (χ0) is 15.6. The second-order valence-electron chi connectivity index (χ2n) is 6.73. The first kappa shape index (κ1) is 15.2. The van der Waals surface area contributed by atoms with Crippen molar-refractivity contribution in [1.29, 1.82) is 0 Å². The van der Waals surface area contributed by atoms with Gasteiger partial charge in [-0.2, -0.15) is 0 Å². The van der Waals surface area contributed by atoms with E-state index in [1.165, 1.54) is 43.4 Å². The normalized spacial score (nSPS) is 20.1. The molecule has 1 saturated carbocycles. The highest BCUT2D eigenvalue weighted by Crippen LogP contribution is 2.47. The molecule has 0 radical (unpaired) electrons. The lowest BCUT2D eigenvalue weighted by Gasteiger charge is -2.38. The molecule has 1 saturated heterocycles. The third-order valence-electron chi connectivity index (χ3n) is 5.29. The Morgan fingerprint density at radius 1 is 1.36 bits per heavy atom. The molecular weight excluding hydrogens is 274 g/mol. The van der Waals surface area contributed by atoms with Crippen molar-refractivity contribution >= 4 is 5.96 Å². The number of methoxy groups -OCH3 is 1. The van der Waals surface area contributed by atoms with Crippen molar-refractivity contribution in [1.82, 2.24) is 10.2 Å². The summed E-state index contributed by atoms with van der Waals surface area (Å²) in [6, 6.07) is 6.36. The van der Waals surface area contributed by atoms with E-state index in [1.54, 1.807) is 7.11 Å². The molecule has 0 unspecified atom stereocenters. The number of benzene rings is 1. The lowest BCUT2D eigenvalue weighted by Crippen LogP contribution is -2.42. The van der Waals surface area contributed by atoms with Gasteiger partial charge in [0.25, 0.3) is 0 Å². The van der Waals surface area contributed by atoms with Crippen molar-refractivity contribution < 1.29 is 4.74 Å². The number of nitrogens with zero attached hydrogens (tertiary/aromatic N) is 2. The smallest absolute Gasteiger partial charge is 0.193 e. The van der Waals surface area contributed by atoms with E-state index in [9.17, 15) is 0 Å². The molecule has 0 amide bonds. The highest BCUT2D eigenvalue weighted by atomic mass is 16.5. The number of hydrogen-bond acceptors (Lipinski definition) is 2. The topological polar surface area (TPSA) is 36.9 Å². The van der Waals surface area contributed by atoms with Crippen LogP contribution in [-0.2, 0) is 6.54 Å². The summed E-state index contributed by atoms with van der Waals surface area (Å²) in [5.41, 5.74) is 2.99. The van der Waals surface area contributed by atoms with E-state index in [2.05, 4.69) is 40.3 Å². The maximum Gasteiger partial charge on any atom is 0.193 e. The molecule has 1 spiro atoms. The third kappa shape index (κ3) is 2.92. The van der Waals surface area contributed by atoms with E-state index >= 15 is 0 Å². The molecule has 4 heteroatoms. The van der Waals surface area contributed by atoms with E-state index in [0.717, 1.165) is 24.8 Å². The average Bonchev–Trinajstić information content (AvgIpc) is 2.95. The highest BCUT2D eigenvalue weighted by molar-refractivity contribution is 5.80. The monoisotopic (exact) mass is 301 g/mol. The SMILES string of the molecule is CN=C(NCc1ccc(C)c(OC)c1)N1CCC2(CCC2)C1. The molecule has 1 aromatic rings. The molecule has 1 aliphatic carbocycles. The minimum Gasteiger partial charge on any atom is -0.496 e. The Hall–Kier alpha value is -1.71. The lowest BCUT2D eigenvalue weighted by atomic mass is 9.68. The van der Waals surface area contributed by atoms with Crippen LogP contribution in [0.15, 0.2) is 23.2 Å². The van der Waals surface area contributed by atoms with Crippen molar-refractivity contribution in [3.63, 3.8) is 0 Å². The van der Waals surface area contributed by atoms with Crippen LogP contribution in [0.2, 0.25) is 0 Å². The molecular formula is C18H27N3O. The van der Waals surface area contributed by atoms with Crippen molar-refractivity contribution in [3.05, 3.63) is 29.3 Å². The summed E-state index contributed by atoms with van der Waals surface area (Å²) in [7, 11) is 3.60. The summed E-state index contributed by atoms with van der Waals surface area (Å²) in [6.45, 7) is 5.16. The predicted octanol–water partition coefficient (Wildman–Crippen LogP) is 2.96. The van der Waals surface area contributed by atoms with Crippen molar-refractivity contribution in [2.45, 2.75) is 39.2 Å². The van der Waals surface area contributed by atoms with Gasteiger partial charge >= 0.3 is 0 Å². The maximum atomic E-state index is 5.40. The molecule has 1 aliphatic heterocycles. The van der Waals surface area contributed by atoms with Crippen molar-refractivity contribution in [2.75, 3.05) is 27.2 Å². The maximum absolute atomic E-state index is 5.40. The van der Waals surface area contributed by atoms with E-state index in [4.69, 9.17) is 4.74 Å². The molecule has 0 aromatic heterocycles. The van der Waals surface area contributed by atoms with E-state index < -0.39 is 0 Å². The first-order chi connectivity index (χ1) is 10.7. The summed E-state index contributed by atoms with van der Waals surface area (Å²) < 4.78 is 5.40. The van der Waals surface area contributed by atoms with Crippen LogP contribution in [0.3, 0.4) is 0 Å². The fourth-order valence-corrected chi connectivity index (χ4v) is 3.69. The number of guanidine groups is 1. The van der Waals surface area contributed by atoms with Gasteiger partial charge in [0.2, 0.25) is 0 Å². The summed E-state index contributed by atoms with van der Waals surface area (Å²) in [5, 5.41) is 3.50. The summed E-state index contributed by atoms with van der Waals surface area (Å²) in [4.78, 5) is 6.89. The Morgan fingerprint density at radius 3 is 2.77 bits per heavy atom. The van der Waals surface area contributed by atoms with Crippen molar-refractivity contribution in [3.8, 4) is 5.75 Å². The zero-order valence-corrected chi connectivity index (χ0v) is 14.0. The fourth-order valence-electron chi connectivity index (χ4n) is 3.69. The van der Waals surface area contributed by atoms with Crippen LogP contribution >= 0.6 is 0 Å². The number of aliphatic imine (C=N–C) groups is 1. The molecule has 3 rings (SSSR count). The summed E-state index contributed by atoms with van der Waals surface area (Å²) in [6.07, 6.45) is 5.53. The van der Waals surface area contributed by atoms with E-state index in [1.807, 2.05) is 7.05 Å². The van der Waals surface area contributed by atoms with Crippen LogP contribution in [-0.4, -0.2) is 38.1 Å². The Morgan fingerprint density at radius 2 is 2.18 bits per heavy atom. The molecule has 2 fully saturated rings. The van der Waals surface area contributed by atoms with Gasteiger partial charge in [-0.1, -0.05) is 18.6 Å². The Labute approximate surface area is 133 Å². The van der Waals surface area contributed by atoms with Crippen LogP contribution < -0.4 is 10.1 Å². The van der Waals surface area contributed by atoms with Gasteiger partial charge in [-0.05, 0) is 48.8 Å². The van der Waals surface area contributed by atoms with Crippen LogP contribution in [0.1, 0.15) is 36.8 Å². The van der Waals surface area contributed by atoms with Crippen LogP contribution in [0.25, 0.3) is 0 Å². The summed E-state index contributed by atoms with van der Waals surface area (Å²) in [5.74, 6) is 1.98. The van der Waals surface area contributed by atoms with Gasteiger partial charge in [0, 0.05) is 26.7 Å². The van der Waals surface area contributed by atoms with Crippen LogP contribution in [0, 0.1) is 12.3 Å². The number of aryl methyl sites for hydroxylation is 1. The molecule has 1 heterocycles. The van der Waals surface area contributed by atoms with E-state index in [-0.39, 0.29) is 0 Å². The Kier molecular flexibility index (Phi) is 4.27. The Bertz CT molecular complexity index is 563. The fraction of sp³-hybridized carbons (Fsp3) is 0.611. The first-order valence-electron chi connectivity index (χ1n) is 8.25. The average molecular weight is 301 g/mol. The number of likely N-dealkylation sites (tertiary alicyclic amines) is 1. The van der Waals surface area contributed by atoms with Gasteiger partial charge in [0.15, 0.2) is 5.96 Å². The van der Waals surface area contributed by atoms with Gasteiger partial charge < -0.3 is 15.0 Å². The van der Waals surface area contributed by atoms with Crippen LogP contribution in [0.5, 0.6) is 5.75 Å². The van der Waals surface area contributed by atoms with Gasteiger partial charge in [-0.15, -0.1) is 0 Å². The number of hydrogen-bond donors (Lipinski definition) is 1. The quantitative estimate of drug-likeness (QED) is 0.689. The molecule has 22 heavy (non-hydrogen) atoms. The molecule has 4 nitrogen and oxygen atoms in total. The van der Waals surface area contributed by atoms with Crippen molar-refractivity contribution in [2.24, 2.45) is 10.4 Å². The largest absolute Gasteiger partial charge is 0.496 e. The number of ether oxygens (including phenoxy) is 1. The molecule has 2 aliphatic rings. The molecule has 0 atom stereocenters. The molecule has 120 valence electrons. The molecule has 1 N–H and O–H groups in total. The number of rotatable bonds is 3. The standard InChI is InChI=1S/C18H27N3O/c1-14-5-6-15(11-16(14)22-3)12-20-17(19-2)21-10-9-18(13-21)7-4-8-18/h5-6,11H,4,7-10,12-13H2,1-3H3,(H,19,20). The zero-order valence-electron chi connectivity index (χ0n) is 14.0. The third-order valence-corrected chi connectivity index (χ3v) is 5.29. The minimum atomic E-state index is 0.602. The van der Waals surface area contributed by atoms with Gasteiger partial charge in [-0.25, -0.2) is 0 Å². The van der Waals surface area contributed by atoms with Crippen LogP contribution in [0.4, 0.5) is 0 Å². The second kappa shape index (κ2) is 6.19. The summed E-state index contributed by atoms with van der Waals surface area (Å²) >= 11 is 0. The lowest BCUT2D eigenvalue weighted by molar-refractivity contribution is 0.151. The predicted molar refractivity (Wildman–Crippen MR) is 90.4 cm³/mol. The molecule has 1 aromatic carbocycles.